The average Bonchev–Trinajstić information content (AvgIpc) is 2.53. The van der Waals surface area contributed by atoms with Crippen LogP contribution in [0.5, 0.6) is 0 Å². The SMILES string of the molecule is [2H]C([2H])([2H])Nc1nc(=O)n(-c2ccccc2C)c2nc(C(F)(F)F)ccc12. The van der Waals surface area contributed by atoms with Crippen LogP contribution in [0.2, 0.25) is 0 Å². The lowest BCUT2D eigenvalue weighted by Crippen LogP contribution is -2.25. The first-order valence-corrected chi connectivity index (χ1v) is 6.82. The molecule has 0 saturated carbocycles. The van der Waals surface area contributed by atoms with E-state index in [2.05, 4.69) is 15.3 Å². The number of aromatic nitrogens is 3. The van der Waals surface area contributed by atoms with Crippen LogP contribution in [0.15, 0.2) is 41.2 Å². The molecule has 8 heteroatoms. The van der Waals surface area contributed by atoms with Gasteiger partial charge in [-0.2, -0.15) is 18.2 Å². The highest BCUT2D eigenvalue weighted by Gasteiger charge is 2.33. The van der Waals surface area contributed by atoms with Crippen molar-refractivity contribution in [2.45, 2.75) is 13.1 Å². The van der Waals surface area contributed by atoms with Crippen LogP contribution in [0.25, 0.3) is 16.7 Å². The number of pyridine rings is 1. The zero-order valence-corrected chi connectivity index (χ0v) is 12.3. The Hall–Kier alpha value is -2.90. The monoisotopic (exact) mass is 337 g/mol. The molecule has 0 radical (unpaired) electrons. The quantitative estimate of drug-likeness (QED) is 0.780. The normalized spacial score (nSPS) is 14.1. The molecule has 0 aliphatic carbocycles. The molecule has 0 unspecified atom stereocenters. The zero-order chi connectivity index (χ0) is 20.0. The molecule has 5 nitrogen and oxygen atoms in total. The summed E-state index contributed by atoms with van der Waals surface area (Å²) in [6.45, 7) is -1.01. The molecule has 0 aliphatic rings. The van der Waals surface area contributed by atoms with Crippen LogP contribution in [0.1, 0.15) is 15.4 Å². The van der Waals surface area contributed by atoms with Gasteiger partial charge in [0.2, 0.25) is 0 Å². The van der Waals surface area contributed by atoms with Gasteiger partial charge in [0.15, 0.2) is 5.65 Å². The Morgan fingerprint density at radius 3 is 2.58 bits per heavy atom. The van der Waals surface area contributed by atoms with Crippen molar-refractivity contribution in [1.82, 2.24) is 14.5 Å². The van der Waals surface area contributed by atoms with Crippen LogP contribution in [0.3, 0.4) is 0 Å². The predicted molar refractivity (Wildman–Crippen MR) is 84.4 cm³/mol. The van der Waals surface area contributed by atoms with Gasteiger partial charge in [-0.3, -0.25) is 0 Å². The van der Waals surface area contributed by atoms with Crippen molar-refractivity contribution in [2.75, 3.05) is 12.3 Å². The van der Waals surface area contributed by atoms with Gasteiger partial charge in [0, 0.05) is 11.1 Å². The van der Waals surface area contributed by atoms with E-state index < -0.39 is 24.5 Å². The third-order valence-corrected chi connectivity index (χ3v) is 3.51. The minimum Gasteiger partial charge on any atom is -0.372 e. The number of anilines is 1. The van der Waals surface area contributed by atoms with E-state index in [0.717, 1.165) is 10.6 Å². The number of fused-ring (bicyclic) bond motifs is 1. The van der Waals surface area contributed by atoms with Crippen molar-refractivity contribution in [3.8, 4) is 5.69 Å². The first kappa shape index (κ1) is 12.5. The molecule has 1 aromatic carbocycles. The molecule has 3 rings (SSSR count). The van der Waals surface area contributed by atoms with E-state index in [-0.39, 0.29) is 16.9 Å². The topological polar surface area (TPSA) is 59.8 Å². The van der Waals surface area contributed by atoms with Gasteiger partial charge in [0.1, 0.15) is 11.5 Å². The van der Waals surface area contributed by atoms with E-state index >= 15 is 0 Å². The van der Waals surface area contributed by atoms with Gasteiger partial charge in [0.05, 0.1) is 11.1 Å². The molecule has 0 aliphatic heterocycles. The number of nitrogens with one attached hydrogen (secondary N) is 1. The van der Waals surface area contributed by atoms with Gasteiger partial charge in [-0.15, -0.1) is 0 Å². The Kier molecular flexibility index (Phi) is 2.93. The second-order valence-corrected chi connectivity index (χ2v) is 5.06. The number of aryl methyl sites for hydroxylation is 1. The lowest BCUT2D eigenvalue weighted by molar-refractivity contribution is -0.141. The van der Waals surface area contributed by atoms with E-state index in [0.29, 0.717) is 17.3 Å². The van der Waals surface area contributed by atoms with E-state index in [1.54, 1.807) is 25.1 Å². The van der Waals surface area contributed by atoms with Gasteiger partial charge in [-0.1, -0.05) is 18.2 Å². The van der Waals surface area contributed by atoms with E-state index in [1.165, 1.54) is 6.07 Å². The predicted octanol–water partition coefficient (Wildman–Crippen LogP) is 3.15. The molecule has 2 heterocycles. The summed E-state index contributed by atoms with van der Waals surface area (Å²) < 4.78 is 62.2. The minimum absolute atomic E-state index is 0.0259. The molecule has 1 N–H and O–H groups in total. The van der Waals surface area contributed by atoms with Crippen LogP contribution in [-0.4, -0.2) is 21.5 Å². The van der Waals surface area contributed by atoms with Crippen molar-refractivity contribution in [1.29, 1.82) is 0 Å². The molecule has 0 bridgehead atoms. The molecule has 0 spiro atoms. The molecule has 24 heavy (non-hydrogen) atoms. The highest BCUT2D eigenvalue weighted by molar-refractivity contribution is 5.87. The fourth-order valence-corrected chi connectivity index (χ4v) is 2.38. The largest absolute Gasteiger partial charge is 0.433 e. The van der Waals surface area contributed by atoms with Gasteiger partial charge >= 0.3 is 11.9 Å². The number of halogens is 3. The minimum atomic E-state index is -4.73. The third-order valence-electron chi connectivity index (χ3n) is 3.51. The summed E-state index contributed by atoms with van der Waals surface area (Å²) in [5.41, 5.74) is -1.59. The smallest absolute Gasteiger partial charge is 0.372 e. The molecule has 0 fully saturated rings. The van der Waals surface area contributed by atoms with Crippen LogP contribution >= 0.6 is 0 Å². The fourth-order valence-electron chi connectivity index (χ4n) is 2.38. The highest BCUT2D eigenvalue weighted by atomic mass is 19.4. The Morgan fingerprint density at radius 1 is 1.17 bits per heavy atom. The lowest BCUT2D eigenvalue weighted by atomic mass is 10.2. The van der Waals surface area contributed by atoms with Gasteiger partial charge in [-0.05, 0) is 30.7 Å². The van der Waals surface area contributed by atoms with Gasteiger partial charge < -0.3 is 5.32 Å². The van der Waals surface area contributed by atoms with Crippen molar-refractivity contribution in [3.63, 3.8) is 0 Å². The Labute approximate surface area is 139 Å². The molecule has 3 aromatic rings. The van der Waals surface area contributed by atoms with Crippen LogP contribution in [0.4, 0.5) is 19.0 Å². The summed E-state index contributed by atoms with van der Waals surface area (Å²) >= 11 is 0. The number of rotatable bonds is 2. The summed E-state index contributed by atoms with van der Waals surface area (Å²) in [6.07, 6.45) is -4.73. The first-order valence-electron chi connectivity index (χ1n) is 8.32. The Bertz CT molecular complexity index is 1080. The summed E-state index contributed by atoms with van der Waals surface area (Å²) in [4.78, 5) is 19.9. The lowest BCUT2D eigenvalue weighted by Gasteiger charge is -2.15. The molecule has 0 amide bonds. The molecule has 0 atom stereocenters. The van der Waals surface area contributed by atoms with Crippen molar-refractivity contribution in [3.05, 3.63) is 58.1 Å². The van der Waals surface area contributed by atoms with E-state index in [1.807, 2.05) is 0 Å². The molecule has 0 saturated heterocycles. The maximum Gasteiger partial charge on any atom is 0.433 e. The highest BCUT2D eigenvalue weighted by Crippen LogP contribution is 2.30. The van der Waals surface area contributed by atoms with Crippen LogP contribution in [-0.2, 0) is 6.18 Å². The number of para-hydroxylation sites is 1. The molecular formula is C16H13F3N4O. The van der Waals surface area contributed by atoms with Gasteiger partial charge in [0.25, 0.3) is 0 Å². The zero-order valence-electron chi connectivity index (χ0n) is 15.3. The first-order chi connectivity index (χ1) is 12.5. The van der Waals surface area contributed by atoms with Crippen molar-refractivity contribution >= 4 is 16.9 Å². The summed E-state index contributed by atoms with van der Waals surface area (Å²) in [5.74, 6) is -0.360. The molecular weight excluding hydrogens is 321 g/mol. The maximum absolute atomic E-state index is 13.1. The summed E-state index contributed by atoms with van der Waals surface area (Å²) in [6, 6.07) is 8.29. The van der Waals surface area contributed by atoms with E-state index in [9.17, 15) is 18.0 Å². The summed E-state index contributed by atoms with van der Waals surface area (Å²) in [7, 11) is 0. The molecule has 2 aromatic heterocycles. The number of benzene rings is 1. The third kappa shape index (κ3) is 2.60. The van der Waals surface area contributed by atoms with Crippen molar-refractivity contribution in [2.24, 2.45) is 0 Å². The average molecular weight is 337 g/mol. The van der Waals surface area contributed by atoms with Crippen LogP contribution < -0.4 is 11.0 Å². The Morgan fingerprint density at radius 2 is 1.92 bits per heavy atom. The summed E-state index contributed by atoms with van der Waals surface area (Å²) in [5, 5.41) is 2.04. The maximum atomic E-state index is 13.1. The second-order valence-electron chi connectivity index (χ2n) is 5.06. The number of alkyl halides is 3. The Balaban J connectivity index is 2.41. The van der Waals surface area contributed by atoms with Crippen LogP contribution in [0, 0.1) is 6.92 Å². The second kappa shape index (κ2) is 5.63. The fraction of sp³-hybridized carbons (Fsp3) is 0.188. The van der Waals surface area contributed by atoms with Gasteiger partial charge in [-0.25, -0.2) is 14.3 Å². The number of nitrogens with zero attached hydrogens (tertiary/aromatic N) is 3. The number of hydrogen-bond acceptors (Lipinski definition) is 4. The molecule has 124 valence electrons. The van der Waals surface area contributed by atoms with E-state index in [4.69, 9.17) is 4.11 Å². The van der Waals surface area contributed by atoms with Crippen molar-refractivity contribution < 1.29 is 17.3 Å². The standard InChI is InChI=1S/C16H13F3N4O/c1-9-5-3-4-6-11(9)23-14-10(13(20-2)22-15(23)24)7-8-12(21-14)16(17,18)19/h3-8H,1-2H3,(H,20,22,24)/i2D3. The number of hydrogen-bond donors (Lipinski definition) is 1.